The molecule has 1 fully saturated rings. The van der Waals surface area contributed by atoms with Gasteiger partial charge in [-0.2, -0.15) is 0 Å². The number of nitrogens with zero attached hydrogens (tertiary/aromatic N) is 1. The standard InChI is InChI=1S/C18H24N2O5/c1-25-15-10-9-13(19-16(21)6-2-3-8-18(23)24)12-14(15)20-11-5-4-7-17(20)22/h9-10,12H,2-8,11H2,1H3,(H,19,21)(H,23,24). The molecule has 1 aromatic carbocycles. The van der Waals surface area contributed by atoms with Crippen molar-refractivity contribution in [1.82, 2.24) is 0 Å². The molecule has 0 atom stereocenters. The predicted molar refractivity (Wildman–Crippen MR) is 93.9 cm³/mol. The van der Waals surface area contributed by atoms with Crippen molar-refractivity contribution < 1.29 is 24.2 Å². The summed E-state index contributed by atoms with van der Waals surface area (Å²) in [6.07, 6.45) is 3.67. The van der Waals surface area contributed by atoms with Gasteiger partial charge < -0.3 is 20.1 Å². The number of hydrogen-bond acceptors (Lipinski definition) is 4. The minimum Gasteiger partial charge on any atom is -0.495 e. The van der Waals surface area contributed by atoms with Gasteiger partial charge in [-0.25, -0.2) is 0 Å². The molecule has 2 amide bonds. The third-order valence-corrected chi connectivity index (χ3v) is 4.12. The molecule has 7 heteroatoms. The van der Waals surface area contributed by atoms with Gasteiger partial charge in [-0.05, 0) is 43.9 Å². The molecule has 0 aliphatic carbocycles. The van der Waals surface area contributed by atoms with Gasteiger partial charge in [-0.1, -0.05) is 0 Å². The fourth-order valence-corrected chi connectivity index (χ4v) is 2.82. The van der Waals surface area contributed by atoms with Crippen LogP contribution >= 0.6 is 0 Å². The van der Waals surface area contributed by atoms with Crippen molar-refractivity contribution in [2.75, 3.05) is 23.9 Å². The van der Waals surface area contributed by atoms with E-state index in [0.717, 1.165) is 12.8 Å². The lowest BCUT2D eigenvalue weighted by Gasteiger charge is -2.28. The minimum atomic E-state index is -0.855. The molecule has 7 nitrogen and oxygen atoms in total. The zero-order chi connectivity index (χ0) is 18.2. The fourth-order valence-electron chi connectivity index (χ4n) is 2.82. The number of methoxy groups -OCH3 is 1. The Labute approximate surface area is 147 Å². The number of carbonyl (C=O) groups excluding carboxylic acids is 2. The first-order valence-corrected chi connectivity index (χ1v) is 8.51. The summed E-state index contributed by atoms with van der Waals surface area (Å²) in [5.74, 6) is -0.380. The Balaban J connectivity index is 2.01. The molecule has 0 radical (unpaired) electrons. The van der Waals surface area contributed by atoms with Crippen LogP contribution in [0.15, 0.2) is 18.2 Å². The number of anilines is 2. The van der Waals surface area contributed by atoms with E-state index in [-0.39, 0.29) is 24.7 Å². The van der Waals surface area contributed by atoms with E-state index in [2.05, 4.69) is 5.32 Å². The van der Waals surface area contributed by atoms with Crippen LogP contribution in [0.5, 0.6) is 5.75 Å². The first kappa shape index (κ1) is 18.8. The summed E-state index contributed by atoms with van der Waals surface area (Å²) in [6.45, 7) is 0.641. The third kappa shape index (κ3) is 5.48. The van der Waals surface area contributed by atoms with Gasteiger partial charge >= 0.3 is 5.97 Å². The zero-order valence-electron chi connectivity index (χ0n) is 14.4. The molecule has 2 N–H and O–H groups in total. The molecule has 1 heterocycles. The molecule has 0 bridgehead atoms. The van der Waals surface area contributed by atoms with Crippen molar-refractivity contribution in [2.45, 2.75) is 44.9 Å². The number of nitrogens with one attached hydrogen (secondary N) is 1. The van der Waals surface area contributed by atoms with Crippen molar-refractivity contribution in [3.8, 4) is 5.75 Å². The van der Waals surface area contributed by atoms with Gasteiger partial charge in [0.15, 0.2) is 0 Å². The smallest absolute Gasteiger partial charge is 0.303 e. The second-order valence-corrected chi connectivity index (χ2v) is 6.04. The Morgan fingerprint density at radius 2 is 2.00 bits per heavy atom. The van der Waals surface area contributed by atoms with Crippen LogP contribution in [0.4, 0.5) is 11.4 Å². The second kappa shape index (κ2) is 9.05. The number of piperidine rings is 1. The number of carboxylic acids is 1. The van der Waals surface area contributed by atoms with E-state index < -0.39 is 5.97 Å². The molecular formula is C18H24N2O5. The lowest BCUT2D eigenvalue weighted by atomic mass is 10.1. The molecular weight excluding hydrogens is 324 g/mol. The normalized spacial score (nSPS) is 14.3. The van der Waals surface area contributed by atoms with Crippen LogP contribution in [0.25, 0.3) is 0 Å². The highest BCUT2D eigenvalue weighted by atomic mass is 16.5. The third-order valence-electron chi connectivity index (χ3n) is 4.12. The Hall–Kier alpha value is -2.57. The summed E-state index contributed by atoms with van der Waals surface area (Å²) in [6, 6.07) is 5.21. The molecule has 1 aromatic rings. The Morgan fingerprint density at radius 3 is 2.68 bits per heavy atom. The molecule has 2 rings (SSSR count). The maximum atomic E-state index is 12.2. The van der Waals surface area contributed by atoms with Gasteiger partial charge in [-0.3, -0.25) is 14.4 Å². The molecule has 1 aliphatic rings. The highest BCUT2D eigenvalue weighted by molar-refractivity contribution is 5.97. The molecule has 0 unspecified atom stereocenters. The van der Waals surface area contributed by atoms with Crippen LogP contribution in [0.3, 0.4) is 0 Å². The molecule has 25 heavy (non-hydrogen) atoms. The SMILES string of the molecule is COc1ccc(NC(=O)CCCCC(=O)O)cc1N1CCCCC1=O. The van der Waals surface area contributed by atoms with Crippen LogP contribution in [-0.2, 0) is 14.4 Å². The van der Waals surface area contributed by atoms with E-state index in [1.807, 2.05) is 0 Å². The number of amides is 2. The molecule has 0 spiro atoms. The Morgan fingerprint density at radius 1 is 1.24 bits per heavy atom. The van der Waals surface area contributed by atoms with Crippen LogP contribution in [0.2, 0.25) is 0 Å². The highest BCUT2D eigenvalue weighted by Crippen LogP contribution is 2.33. The monoisotopic (exact) mass is 348 g/mol. The average molecular weight is 348 g/mol. The molecule has 1 saturated heterocycles. The first-order valence-electron chi connectivity index (χ1n) is 8.51. The summed E-state index contributed by atoms with van der Waals surface area (Å²) in [4.78, 5) is 36.3. The number of rotatable bonds is 8. The minimum absolute atomic E-state index is 0.0571. The quantitative estimate of drug-likeness (QED) is 0.704. The van der Waals surface area contributed by atoms with E-state index in [4.69, 9.17) is 9.84 Å². The van der Waals surface area contributed by atoms with Crippen molar-refractivity contribution in [3.05, 3.63) is 18.2 Å². The van der Waals surface area contributed by atoms with Gasteiger partial charge in [0.2, 0.25) is 11.8 Å². The Kier molecular flexibility index (Phi) is 6.80. The number of aliphatic carboxylic acids is 1. The predicted octanol–water partition coefficient (Wildman–Crippen LogP) is 2.80. The number of carbonyl (C=O) groups is 3. The lowest BCUT2D eigenvalue weighted by Crippen LogP contribution is -2.35. The van der Waals surface area contributed by atoms with Gasteiger partial charge in [0.1, 0.15) is 5.75 Å². The summed E-state index contributed by atoms with van der Waals surface area (Å²) < 4.78 is 5.35. The van der Waals surface area contributed by atoms with Crippen LogP contribution < -0.4 is 15.0 Å². The summed E-state index contributed by atoms with van der Waals surface area (Å²) in [5.41, 5.74) is 1.26. The van der Waals surface area contributed by atoms with E-state index in [1.165, 1.54) is 0 Å². The molecule has 0 saturated carbocycles. The van der Waals surface area contributed by atoms with E-state index in [9.17, 15) is 14.4 Å². The number of carboxylic acid groups (broad SMARTS) is 1. The van der Waals surface area contributed by atoms with Crippen molar-refractivity contribution >= 4 is 29.2 Å². The van der Waals surface area contributed by atoms with E-state index >= 15 is 0 Å². The first-order chi connectivity index (χ1) is 12.0. The molecule has 0 aromatic heterocycles. The fraction of sp³-hybridized carbons (Fsp3) is 0.500. The van der Waals surface area contributed by atoms with Crippen LogP contribution in [-0.4, -0.2) is 36.5 Å². The molecule has 136 valence electrons. The van der Waals surface area contributed by atoms with Crippen LogP contribution in [0.1, 0.15) is 44.9 Å². The maximum absolute atomic E-state index is 12.2. The summed E-state index contributed by atoms with van der Waals surface area (Å²) in [7, 11) is 1.55. The lowest BCUT2D eigenvalue weighted by molar-refractivity contribution is -0.137. The van der Waals surface area contributed by atoms with Gasteiger partial charge in [0, 0.05) is 31.5 Å². The largest absolute Gasteiger partial charge is 0.495 e. The average Bonchev–Trinajstić information content (AvgIpc) is 2.59. The number of benzene rings is 1. The van der Waals surface area contributed by atoms with Gasteiger partial charge in [-0.15, -0.1) is 0 Å². The van der Waals surface area contributed by atoms with Crippen molar-refractivity contribution in [1.29, 1.82) is 0 Å². The number of hydrogen-bond donors (Lipinski definition) is 2. The van der Waals surface area contributed by atoms with Gasteiger partial charge in [0.25, 0.3) is 0 Å². The molecule has 1 aliphatic heterocycles. The number of ether oxygens (including phenoxy) is 1. The summed E-state index contributed by atoms with van der Waals surface area (Å²) in [5, 5.41) is 11.4. The van der Waals surface area contributed by atoms with Crippen molar-refractivity contribution in [2.24, 2.45) is 0 Å². The topological polar surface area (TPSA) is 95.9 Å². The zero-order valence-corrected chi connectivity index (χ0v) is 14.4. The van der Waals surface area contributed by atoms with Gasteiger partial charge in [0.05, 0.1) is 12.8 Å². The summed E-state index contributed by atoms with van der Waals surface area (Å²) >= 11 is 0. The number of unbranched alkanes of at least 4 members (excludes halogenated alkanes) is 1. The van der Waals surface area contributed by atoms with Crippen molar-refractivity contribution in [3.63, 3.8) is 0 Å². The van der Waals surface area contributed by atoms with E-state index in [1.54, 1.807) is 30.2 Å². The van der Waals surface area contributed by atoms with E-state index in [0.29, 0.717) is 42.9 Å². The Bertz CT molecular complexity index is 644. The highest BCUT2D eigenvalue weighted by Gasteiger charge is 2.23. The second-order valence-electron chi connectivity index (χ2n) is 6.04. The van der Waals surface area contributed by atoms with Crippen LogP contribution in [0, 0.1) is 0 Å². The maximum Gasteiger partial charge on any atom is 0.303 e.